The van der Waals surface area contributed by atoms with Crippen molar-refractivity contribution >= 4 is 5.91 Å². The van der Waals surface area contributed by atoms with E-state index in [1.165, 1.54) is 32.1 Å². The molecule has 0 aromatic heterocycles. The summed E-state index contributed by atoms with van der Waals surface area (Å²) in [5.41, 5.74) is 0.351. The van der Waals surface area contributed by atoms with Gasteiger partial charge in [-0.15, -0.1) is 0 Å². The minimum atomic E-state index is 0.0590. The van der Waals surface area contributed by atoms with Gasteiger partial charge in [-0.25, -0.2) is 0 Å². The molecule has 2 aliphatic rings. The normalized spacial score (nSPS) is 30.9. The van der Waals surface area contributed by atoms with E-state index in [2.05, 4.69) is 31.0 Å². The molecule has 2 fully saturated rings. The van der Waals surface area contributed by atoms with Crippen molar-refractivity contribution in [3.05, 3.63) is 0 Å². The summed E-state index contributed by atoms with van der Waals surface area (Å²) in [6.45, 7) is 7.64. The van der Waals surface area contributed by atoms with Gasteiger partial charge >= 0.3 is 0 Å². The molecular weight excluding hydrogens is 236 g/mol. The third-order valence-corrected chi connectivity index (χ3v) is 4.93. The van der Waals surface area contributed by atoms with Crippen LogP contribution in [0.3, 0.4) is 0 Å². The van der Waals surface area contributed by atoms with Gasteiger partial charge in [-0.1, -0.05) is 46.5 Å². The average Bonchev–Trinajstić information content (AvgIpc) is 2.68. The van der Waals surface area contributed by atoms with E-state index in [0.717, 1.165) is 25.8 Å². The van der Waals surface area contributed by atoms with E-state index >= 15 is 0 Å². The van der Waals surface area contributed by atoms with Gasteiger partial charge in [0.2, 0.25) is 5.91 Å². The lowest BCUT2D eigenvalue weighted by atomic mass is 9.75. The Morgan fingerprint density at radius 3 is 2.53 bits per heavy atom. The first-order valence-electron chi connectivity index (χ1n) is 8.16. The summed E-state index contributed by atoms with van der Waals surface area (Å²) < 4.78 is 0. The molecule has 1 aliphatic heterocycles. The lowest BCUT2D eigenvalue weighted by Crippen LogP contribution is -2.44. The van der Waals surface area contributed by atoms with Crippen LogP contribution in [-0.4, -0.2) is 29.6 Å². The first kappa shape index (κ1) is 14.8. The summed E-state index contributed by atoms with van der Waals surface area (Å²) in [6.07, 6.45) is 10.0. The second-order valence-corrected chi connectivity index (χ2v) is 6.77. The summed E-state index contributed by atoms with van der Waals surface area (Å²) in [5, 5.41) is 3.52. The predicted octanol–water partition coefficient (Wildman–Crippen LogP) is 3.29. The van der Waals surface area contributed by atoms with Crippen molar-refractivity contribution in [1.29, 1.82) is 0 Å². The van der Waals surface area contributed by atoms with Gasteiger partial charge in [0.15, 0.2) is 0 Å². The molecule has 110 valence electrons. The highest BCUT2D eigenvalue weighted by Gasteiger charge is 2.41. The van der Waals surface area contributed by atoms with E-state index in [1.807, 2.05) is 0 Å². The first-order chi connectivity index (χ1) is 9.09. The maximum atomic E-state index is 12.5. The van der Waals surface area contributed by atoms with Crippen LogP contribution in [0, 0.1) is 5.41 Å². The second-order valence-electron chi connectivity index (χ2n) is 6.77. The molecule has 3 nitrogen and oxygen atoms in total. The van der Waals surface area contributed by atoms with Gasteiger partial charge in [-0.05, 0) is 31.1 Å². The van der Waals surface area contributed by atoms with Gasteiger partial charge < -0.3 is 4.90 Å². The second kappa shape index (κ2) is 6.25. The minimum Gasteiger partial charge on any atom is -0.325 e. The molecule has 2 unspecified atom stereocenters. The highest BCUT2D eigenvalue weighted by atomic mass is 16.2. The molecule has 3 heteroatoms. The van der Waals surface area contributed by atoms with Crippen molar-refractivity contribution < 1.29 is 4.79 Å². The Morgan fingerprint density at radius 2 is 1.95 bits per heavy atom. The highest BCUT2D eigenvalue weighted by Crippen LogP contribution is 2.37. The van der Waals surface area contributed by atoms with Crippen LogP contribution in [0.4, 0.5) is 0 Å². The maximum Gasteiger partial charge on any atom is 0.241 e. The molecule has 0 radical (unpaired) electrons. The topological polar surface area (TPSA) is 32.3 Å². The van der Waals surface area contributed by atoms with E-state index in [4.69, 9.17) is 0 Å². The fourth-order valence-corrected chi connectivity index (χ4v) is 3.72. The number of carbonyl (C=O) groups is 1. The molecule has 0 aromatic carbocycles. The molecule has 0 bridgehead atoms. The number of rotatable bonds is 5. The third-order valence-electron chi connectivity index (χ3n) is 4.93. The van der Waals surface area contributed by atoms with Gasteiger partial charge in [-0.2, -0.15) is 0 Å². The van der Waals surface area contributed by atoms with Crippen LogP contribution in [0.5, 0.6) is 0 Å². The van der Waals surface area contributed by atoms with Crippen molar-refractivity contribution in [1.82, 2.24) is 10.2 Å². The van der Waals surface area contributed by atoms with Crippen molar-refractivity contribution in [3.8, 4) is 0 Å². The Hall–Kier alpha value is -0.570. The molecule has 1 saturated heterocycles. The maximum absolute atomic E-state index is 12.5. The third kappa shape index (κ3) is 3.31. The minimum absolute atomic E-state index is 0.0590. The van der Waals surface area contributed by atoms with Gasteiger partial charge in [0.1, 0.15) is 0 Å². The van der Waals surface area contributed by atoms with E-state index in [0.29, 0.717) is 11.3 Å². The number of nitrogens with zero attached hydrogens (tertiary/aromatic N) is 1. The number of nitrogens with one attached hydrogen (secondary N) is 1. The standard InChI is InChI=1S/C16H30N2O/c1-4-9-14-17-13(5-2)15(19)18(14)12-16(3)10-7-6-8-11-16/h13-14,17H,4-12H2,1-3H3. The van der Waals surface area contributed by atoms with Crippen LogP contribution in [0.2, 0.25) is 0 Å². The molecule has 1 N–H and O–H groups in total. The summed E-state index contributed by atoms with van der Waals surface area (Å²) in [5.74, 6) is 0.341. The molecule has 19 heavy (non-hydrogen) atoms. The Morgan fingerprint density at radius 1 is 1.26 bits per heavy atom. The molecule has 0 spiro atoms. The van der Waals surface area contributed by atoms with Crippen LogP contribution in [0.1, 0.15) is 72.1 Å². The zero-order valence-corrected chi connectivity index (χ0v) is 12.9. The Kier molecular flexibility index (Phi) is 4.88. The fourth-order valence-electron chi connectivity index (χ4n) is 3.72. The Bertz CT molecular complexity index is 310. The van der Waals surface area contributed by atoms with Gasteiger partial charge in [0.25, 0.3) is 0 Å². The monoisotopic (exact) mass is 266 g/mol. The van der Waals surface area contributed by atoms with E-state index < -0.39 is 0 Å². The van der Waals surface area contributed by atoms with Crippen molar-refractivity contribution in [3.63, 3.8) is 0 Å². The fraction of sp³-hybridized carbons (Fsp3) is 0.938. The summed E-state index contributed by atoms with van der Waals surface area (Å²) in [4.78, 5) is 14.7. The van der Waals surface area contributed by atoms with Gasteiger partial charge in [0.05, 0.1) is 12.2 Å². The van der Waals surface area contributed by atoms with E-state index in [1.54, 1.807) is 0 Å². The van der Waals surface area contributed by atoms with E-state index in [9.17, 15) is 4.79 Å². The summed E-state index contributed by atoms with van der Waals surface area (Å²) in [6, 6.07) is 0.0590. The number of carbonyl (C=O) groups excluding carboxylic acids is 1. The van der Waals surface area contributed by atoms with Crippen molar-refractivity contribution in [2.24, 2.45) is 5.41 Å². The first-order valence-corrected chi connectivity index (χ1v) is 8.16. The number of amides is 1. The van der Waals surface area contributed by atoms with Crippen LogP contribution < -0.4 is 5.32 Å². The Balaban J connectivity index is 2.04. The van der Waals surface area contributed by atoms with Crippen LogP contribution in [0.25, 0.3) is 0 Å². The van der Waals surface area contributed by atoms with Crippen molar-refractivity contribution in [2.45, 2.75) is 84.3 Å². The highest BCUT2D eigenvalue weighted by molar-refractivity contribution is 5.84. The molecule has 1 amide bonds. The smallest absolute Gasteiger partial charge is 0.241 e. The summed E-state index contributed by atoms with van der Waals surface area (Å²) >= 11 is 0. The molecule has 2 rings (SSSR count). The number of hydrogen-bond acceptors (Lipinski definition) is 2. The van der Waals surface area contributed by atoms with Gasteiger partial charge in [-0.3, -0.25) is 10.1 Å². The zero-order chi connectivity index (χ0) is 13.9. The molecule has 1 aliphatic carbocycles. The van der Waals surface area contributed by atoms with Gasteiger partial charge in [0, 0.05) is 6.54 Å². The molecule has 2 atom stereocenters. The quantitative estimate of drug-likeness (QED) is 0.828. The van der Waals surface area contributed by atoms with Crippen LogP contribution >= 0.6 is 0 Å². The van der Waals surface area contributed by atoms with E-state index in [-0.39, 0.29) is 12.2 Å². The van der Waals surface area contributed by atoms with Crippen molar-refractivity contribution in [2.75, 3.05) is 6.54 Å². The Labute approximate surface area is 118 Å². The lowest BCUT2D eigenvalue weighted by molar-refractivity contribution is -0.132. The SMILES string of the molecule is CCCC1NC(CC)C(=O)N1CC1(C)CCCCC1. The number of hydrogen-bond donors (Lipinski definition) is 1. The lowest BCUT2D eigenvalue weighted by Gasteiger charge is -2.38. The molecular formula is C16H30N2O. The summed E-state index contributed by atoms with van der Waals surface area (Å²) in [7, 11) is 0. The molecule has 1 saturated carbocycles. The zero-order valence-electron chi connectivity index (χ0n) is 12.9. The van der Waals surface area contributed by atoms with Crippen LogP contribution in [-0.2, 0) is 4.79 Å². The van der Waals surface area contributed by atoms with Crippen LogP contribution in [0.15, 0.2) is 0 Å². The molecule has 1 heterocycles. The largest absolute Gasteiger partial charge is 0.325 e. The average molecular weight is 266 g/mol. The molecule has 0 aromatic rings. The predicted molar refractivity (Wildman–Crippen MR) is 78.8 cm³/mol.